The van der Waals surface area contributed by atoms with Crippen molar-refractivity contribution in [3.05, 3.63) is 35.5 Å². The van der Waals surface area contributed by atoms with Crippen molar-refractivity contribution in [2.45, 2.75) is 38.6 Å². The maximum Gasteiger partial charge on any atom is 0.293 e. The lowest BCUT2D eigenvalue weighted by molar-refractivity contribution is 0.0633. The predicted octanol–water partition coefficient (Wildman–Crippen LogP) is 2.47. The summed E-state index contributed by atoms with van der Waals surface area (Å²) in [6.45, 7) is 2.55. The molecule has 3 heterocycles. The fourth-order valence-electron chi connectivity index (χ4n) is 2.88. The van der Waals surface area contributed by atoms with E-state index in [-0.39, 0.29) is 11.9 Å². The highest BCUT2D eigenvalue weighted by Gasteiger charge is 2.30. The molecule has 1 aliphatic rings. The predicted molar refractivity (Wildman–Crippen MR) is 76.7 cm³/mol. The first-order valence-electron chi connectivity index (χ1n) is 7.39. The van der Waals surface area contributed by atoms with Gasteiger partial charge in [-0.05, 0) is 25.8 Å². The van der Waals surface area contributed by atoms with E-state index in [2.05, 4.69) is 10.3 Å². The number of aromatic nitrogens is 3. The third-order valence-electron chi connectivity index (χ3n) is 3.93. The average Bonchev–Trinajstić information content (AvgIpc) is 3.00. The monoisotopic (exact) mass is 288 g/mol. The van der Waals surface area contributed by atoms with Gasteiger partial charge < -0.3 is 9.42 Å². The highest BCUT2D eigenvalue weighted by atomic mass is 16.5. The zero-order valence-electron chi connectivity index (χ0n) is 12.5. The average molecular weight is 288 g/mol. The third kappa shape index (κ3) is 2.84. The summed E-state index contributed by atoms with van der Waals surface area (Å²) in [5, 5.41) is 8.30. The number of nitrogens with zero attached hydrogens (tertiary/aromatic N) is 4. The maximum atomic E-state index is 12.7. The molecular formula is C15H20N4O2. The lowest BCUT2D eigenvalue weighted by Crippen LogP contribution is -2.35. The SMILES string of the molecule is Cc1cc(C(=O)N2CCCCCC2c2ccn(C)n2)on1. The number of aryl methyl sites for hydroxylation is 2. The number of hydrogen-bond donors (Lipinski definition) is 0. The second-order valence-electron chi connectivity index (χ2n) is 5.61. The Morgan fingerprint density at radius 3 is 2.90 bits per heavy atom. The van der Waals surface area contributed by atoms with Gasteiger partial charge in [0.25, 0.3) is 5.91 Å². The van der Waals surface area contributed by atoms with Crippen LogP contribution in [-0.4, -0.2) is 32.3 Å². The van der Waals surface area contributed by atoms with Crippen molar-refractivity contribution in [2.75, 3.05) is 6.54 Å². The standard InChI is InChI=1S/C15H20N4O2/c1-11-10-14(21-17-11)15(20)19-8-5-3-4-6-13(19)12-7-9-18(2)16-12/h7,9-10,13H,3-6,8H2,1-2H3. The Bertz CT molecular complexity index is 631. The molecule has 1 fully saturated rings. The number of amides is 1. The van der Waals surface area contributed by atoms with Crippen LogP contribution in [-0.2, 0) is 7.05 Å². The summed E-state index contributed by atoms with van der Waals surface area (Å²) in [6, 6.07) is 3.71. The summed E-state index contributed by atoms with van der Waals surface area (Å²) in [6.07, 6.45) is 6.13. The zero-order chi connectivity index (χ0) is 14.8. The van der Waals surface area contributed by atoms with E-state index in [0.717, 1.165) is 43.6 Å². The van der Waals surface area contributed by atoms with E-state index < -0.39 is 0 Å². The fourth-order valence-corrected chi connectivity index (χ4v) is 2.88. The molecule has 1 amide bonds. The van der Waals surface area contributed by atoms with Crippen molar-refractivity contribution < 1.29 is 9.32 Å². The quantitative estimate of drug-likeness (QED) is 0.851. The first-order valence-corrected chi connectivity index (χ1v) is 7.39. The molecule has 0 saturated carbocycles. The lowest BCUT2D eigenvalue weighted by atomic mass is 10.1. The molecule has 3 rings (SSSR count). The number of likely N-dealkylation sites (tertiary alicyclic amines) is 1. The Labute approximate surface area is 123 Å². The van der Waals surface area contributed by atoms with Crippen LogP contribution < -0.4 is 0 Å². The van der Waals surface area contributed by atoms with E-state index in [0.29, 0.717) is 5.76 Å². The maximum absolute atomic E-state index is 12.7. The Morgan fingerprint density at radius 1 is 1.38 bits per heavy atom. The Morgan fingerprint density at radius 2 is 2.24 bits per heavy atom. The lowest BCUT2D eigenvalue weighted by Gasteiger charge is -2.27. The van der Waals surface area contributed by atoms with E-state index in [1.165, 1.54) is 0 Å². The van der Waals surface area contributed by atoms with Crippen LogP contribution in [0.2, 0.25) is 0 Å². The molecule has 6 heteroatoms. The van der Waals surface area contributed by atoms with Crippen molar-refractivity contribution in [2.24, 2.45) is 7.05 Å². The second-order valence-corrected chi connectivity index (χ2v) is 5.61. The van der Waals surface area contributed by atoms with Gasteiger partial charge in [-0.3, -0.25) is 9.48 Å². The highest BCUT2D eigenvalue weighted by Crippen LogP contribution is 2.30. The minimum absolute atomic E-state index is 0.0200. The van der Waals surface area contributed by atoms with Gasteiger partial charge in [-0.25, -0.2) is 0 Å². The van der Waals surface area contributed by atoms with Gasteiger partial charge >= 0.3 is 0 Å². The molecule has 1 saturated heterocycles. The van der Waals surface area contributed by atoms with Crippen molar-refractivity contribution in [1.29, 1.82) is 0 Å². The molecule has 0 spiro atoms. The molecule has 0 bridgehead atoms. The molecule has 1 atom stereocenters. The van der Waals surface area contributed by atoms with Gasteiger partial charge in [-0.15, -0.1) is 0 Å². The minimum atomic E-state index is -0.0897. The molecule has 2 aromatic rings. The molecule has 0 aliphatic carbocycles. The largest absolute Gasteiger partial charge is 0.351 e. The van der Waals surface area contributed by atoms with E-state index in [4.69, 9.17) is 4.52 Å². The van der Waals surface area contributed by atoms with E-state index in [1.807, 2.05) is 31.1 Å². The molecule has 0 aromatic carbocycles. The van der Waals surface area contributed by atoms with Crippen molar-refractivity contribution in [3.8, 4) is 0 Å². The van der Waals surface area contributed by atoms with E-state index >= 15 is 0 Å². The van der Waals surface area contributed by atoms with E-state index in [9.17, 15) is 4.79 Å². The zero-order valence-corrected chi connectivity index (χ0v) is 12.5. The van der Waals surface area contributed by atoms with Gasteiger partial charge in [0.2, 0.25) is 5.76 Å². The summed E-state index contributed by atoms with van der Waals surface area (Å²) in [5.41, 5.74) is 1.67. The Kier molecular flexibility index (Phi) is 3.77. The normalized spacial score (nSPS) is 19.5. The number of carbonyl (C=O) groups is 1. The van der Waals surface area contributed by atoms with Crippen molar-refractivity contribution in [1.82, 2.24) is 19.8 Å². The minimum Gasteiger partial charge on any atom is -0.351 e. The van der Waals surface area contributed by atoms with Crippen LogP contribution in [0, 0.1) is 6.92 Å². The van der Waals surface area contributed by atoms with Crippen molar-refractivity contribution in [3.63, 3.8) is 0 Å². The fraction of sp³-hybridized carbons (Fsp3) is 0.533. The summed E-state index contributed by atoms with van der Waals surface area (Å²) in [7, 11) is 1.90. The summed E-state index contributed by atoms with van der Waals surface area (Å²) >= 11 is 0. The third-order valence-corrected chi connectivity index (χ3v) is 3.93. The van der Waals surface area contributed by atoms with Gasteiger partial charge in [0.05, 0.1) is 17.4 Å². The van der Waals surface area contributed by atoms with Crippen LogP contribution in [0.15, 0.2) is 22.9 Å². The van der Waals surface area contributed by atoms with Gasteiger partial charge in [0, 0.05) is 25.9 Å². The molecule has 1 aliphatic heterocycles. The molecule has 2 aromatic heterocycles. The van der Waals surface area contributed by atoms with Crippen molar-refractivity contribution >= 4 is 5.91 Å². The molecule has 112 valence electrons. The molecule has 0 N–H and O–H groups in total. The smallest absolute Gasteiger partial charge is 0.293 e. The van der Waals surface area contributed by atoms with Crippen LogP contribution in [0.25, 0.3) is 0 Å². The van der Waals surface area contributed by atoms with Gasteiger partial charge in [0.15, 0.2) is 0 Å². The van der Waals surface area contributed by atoms with Crippen LogP contribution in [0.5, 0.6) is 0 Å². The van der Waals surface area contributed by atoms with E-state index in [1.54, 1.807) is 10.7 Å². The van der Waals surface area contributed by atoms with Crippen LogP contribution in [0.3, 0.4) is 0 Å². The first kappa shape index (κ1) is 13.9. The first-order chi connectivity index (χ1) is 10.1. The van der Waals surface area contributed by atoms with Crippen LogP contribution in [0.4, 0.5) is 0 Å². The number of carbonyl (C=O) groups excluding carboxylic acids is 1. The van der Waals surface area contributed by atoms with Gasteiger partial charge in [-0.1, -0.05) is 18.0 Å². The van der Waals surface area contributed by atoms with Gasteiger partial charge in [0.1, 0.15) is 0 Å². The topological polar surface area (TPSA) is 64.2 Å². The Hall–Kier alpha value is -2.11. The second kappa shape index (κ2) is 5.71. The molecule has 6 nitrogen and oxygen atoms in total. The molecular weight excluding hydrogens is 268 g/mol. The Balaban J connectivity index is 1.90. The molecule has 21 heavy (non-hydrogen) atoms. The summed E-state index contributed by atoms with van der Waals surface area (Å²) in [5.74, 6) is 0.225. The summed E-state index contributed by atoms with van der Waals surface area (Å²) in [4.78, 5) is 14.6. The number of rotatable bonds is 2. The van der Waals surface area contributed by atoms with Crippen LogP contribution in [0.1, 0.15) is 53.7 Å². The molecule has 0 radical (unpaired) electrons. The molecule has 1 unspecified atom stereocenters. The highest BCUT2D eigenvalue weighted by molar-refractivity contribution is 5.91. The van der Waals surface area contributed by atoms with Crippen LogP contribution >= 0.6 is 0 Å². The van der Waals surface area contributed by atoms with Gasteiger partial charge in [-0.2, -0.15) is 5.10 Å². The summed E-state index contributed by atoms with van der Waals surface area (Å²) < 4.78 is 6.92. The number of hydrogen-bond acceptors (Lipinski definition) is 4.